The Morgan fingerprint density at radius 2 is 1.96 bits per heavy atom. The molecule has 2 N–H and O–H groups in total. The number of nitrogens with two attached hydrogens (primary N) is 1. The third-order valence-corrected chi connectivity index (χ3v) is 3.06. The highest BCUT2D eigenvalue weighted by molar-refractivity contribution is 5.94. The van der Waals surface area contributed by atoms with E-state index in [4.69, 9.17) is 15.2 Å². The molecule has 0 aromatic carbocycles. The summed E-state index contributed by atoms with van der Waals surface area (Å²) in [6, 6.07) is 3.68. The Kier molecular flexibility index (Phi) is 5.51. The number of rotatable bonds is 6. The van der Waals surface area contributed by atoms with Crippen molar-refractivity contribution >= 4 is 5.84 Å². The van der Waals surface area contributed by atoms with Crippen molar-refractivity contribution in [2.45, 2.75) is 26.9 Å². The maximum absolute atomic E-state index is 5.86. The van der Waals surface area contributed by atoms with E-state index >= 15 is 0 Å². The molecule has 8 heteroatoms. The average Bonchev–Trinajstić information content (AvgIpc) is 2.54. The quantitative estimate of drug-likeness (QED) is 0.489. The molecule has 128 valence electrons. The molecule has 2 aromatic rings. The highest BCUT2D eigenvalue weighted by atomic mass is 16.6. The molecule has 0 aliphatic heterocycles. The lowest BCUT2D eigenvalue weighted by Crippen LogP contribution is -2.20. The minimum atomic E-state index is -0.0887. The summed E-state index contributed by atoms with van der Waals surface area (Å²) in [5.74, 6) is 1.15. The van der Waals surface area contributed by atoms with E-state index in [-0.39, 0.29) is 17.8 Å². The van der Waals surface area contributed by atoms with Gasteiger partial charge < -0.3 is 20.0 Å². The molecule has 0 spiro atoms. The van der Waals surface area contributed by atoms with Crippen molar-refractivity contribution in [1.82, 2.24) is 15.0 Å². The minimum Gasteiger partial charge on any atom is -0.481 e. The molecule has 0 fully saturated rings. The molecule has 0 atom stereocenters. The number of ether oxygens (including phenoxy) is 2. The van der Waals surface area contributed by atoms with Crippen LogP contribution in [0, 0.1) is 6.92 Å². The smallest absolute Gasteiger partial charge is 0.225 e. The van der Waals surface area contributed by atoms with Gasteiger partial charge in [-0.2, -0.15) is 4.98 Å². The monoisotopic (exact) mass is 331 g/mol. The molecule has 8 nitrogen and oxygen atoms in total. The summed E-state index contributed by atoms with van der Waals surface area (Å²) in [5, 5.41) is 3.67. The normalized spacial score (nSPS) is 11.5. The van der Waals surface area contributed by atoms with Crippen molar-refractivity contribution < 1.29 is 14.3 Å². The maximum Gasteiger partial charge on any atom is 0.225 e. The van der Waals surface area contributed by atoms with Gasteiger partial charge in [0.1, 0.15) is 7.11 Å². The highest BCUT2D eigenvalue weighted by Gasteiger charge is 2.21. The van der Waals surface area contributed by atoms with Gasteiger partial charge in [-0.05, 0) is 32.9 Å². The highest BCUT2D eigenvalue weighted by Crippen LogP contribution is 2.36. The van der Waals surface area contributed by atoms with Gasteiger partial charge in [0.2, 0.25) is 23.4 Å². The maximum atomic E-state index is 5.86. The van der Waals surface area contributed by atoms with Crippen LogP contribution in [-0.4, -0.2) is 41.1 Å². The molecular formula is C16H21N5O3. The van der Waals surface area contributed by atoms with Crippen molar-refractivity contribution in [2.24, 2.45) is 10.9 Å². The second kappa shape index (κ2) is 7.58. The van der Waals surface area contributed by atoms with Crippen LogP contribution in [0.4, 0.5) is 0 Å². The summed E-state index contributed by atoms with van der Waals surface area (Å²) in [7, 11) is 2.96. The van der Waals surface area contributed by atoms with Crippen LogP contribution >= 0.6 is 0 Å². The summed E-state index contributed by atoms with van der Waals surface area (Å²) >= 11 is 0. The largest absolute Gasteiger partial charge is 0.481 e. The Balaban J connectivity index is 2.68. The Morgan fingerprint density at radius 1 is 1.21 bits per heavy atom. The van der Waals surface area contributed by atoms with E-state index in [1.54, 1.807) is 13.3 Å². The van der Waals surface area contributed by atoms with Gasteiger partial charge in [-0.15, -0.1) is 0 Å². The molecule has 2 aromatic heterocycles. The fraction of sp³-hybridized carbons (Fsp3) is 0.375. The molecule has 0 radical (unpaired) electrons. The van der Waals surface area contributed by atoms with Crippen LogP contribution < -0.4 is 15.2 Å². The van der Waals surface area contributed by atoms with Crippen LogP contribution in [0.25, 0.3) is 11.1 Å². The predicted molar refractivity (Wildman–Crippen MR) is 90.0 cm³/mol. The van der Waals surface area contributed by atoms with Crippen molar-refractivity contribution in [1.29, 1.82) is 0 Å². The van der Waals surface area contributed by atoms with E-state index in [0.29, 0.717) is 23.0 Å². The summed E-state index contributed by atoms with van der Waals surface area (Å²) in [6.07, 6.45) is 1.56. The number of amidine groups is 1. The number of hydrogen-bond acceptors (Lipinski definition) is 7. The molecule has 0 bridgehead atoms. The van der Waals surface area contributed by atoms with Gasteiger partial charge >= 0.3 is 0 Å². The van der Waals surface area contributed by atoms with E-state index in [1.807, 2.05) is 32.9 Å². The van der Waals surface area contributed by atoms with Gasteiger partial charge in [0.15, 0.2) is 0 Å². The fourth-order valence-corrected chi connectivity index (χ4v) is 2.16. The van der Waals surface area contributed by atoms with Crippen LogP contribution in [0.1, 0.15) is 25.4 Å². The van der Waals surface area contributed by atoms with Crippen molar-refractivity contribution in [3.8, 4) is 22.9 Å². The summed E-state index contributed by atoms with van der Waals surface area (Å²) in [4.78, 5) is 17.7. The first-order chi connectivity index (χ1) is 11.5. The van der Waals surface area contributed by atoms with Crippen LogP contribution in [0.2, 0.25) is 0 Å². The number of aryl methyl sites for hydroxylation is 1. The van der Waals surface area contributed by atoms with Crippen molar-refractivity contribution in [3.05, 3.63) is 29.8 Å². The van der Waals surface area contributed by atoms with Crippen molar-refractivity contribution in [3.63, 3.8) is 0 Å². The van der Waals surface area contributed by atoms with Crippen LogP contribution in [0.5, 0.6) is 11.8 Å². The second-order valence-electron chi connectivity index (χ2n) is 5.20. The van der Waals surface area contributed by atoms with E-state index in [0.717, 1.165) is 5.56 Å². The van der Waals surface area contributed by atoms with Crippen molar-refractivity contribution in [2.75, 3.05) is 14.2 Å². The third kappa shape index (κ3) is 3.70. The second-order valence-corrected chi connectivity index (χ2v) is 5.20. The number of nitrogens with zero attached hydrogens (tertiary/aromatic N) is 4. The molecule has 0 unspecified atom stereocenters. The van der Waals surface area contributed by atoms with Crippen LogP contribution in [0.3, 0.4) is 0 Å². The Hall–Kier alpha value is -2.90. The number of aromatic nitrogens is 3. The zero-order valence-electron chi connectivity index (χ0n) is 14.4. The van der Waals surface area contributed by atoms with E-state index in [1.165, 1.54) is 7.11 Å². The number of oxime groups is 1. The lowest BCUT2D eigenvalue weighted by Gasteiger charge is -2.17. The Labute approximate surface area is 140 Å². The first-order valence-electron chi connectivity index (χ1n) is 7.39. The van der Waals surface area contributed by atoms with Gasteiger partial charge in [-0.1, -0.05) is 5.16 Å². The summed E-state index contributed by atoms with van der Waals surface area (Å²) in [5.41, 5.74) is 7.92. The lowest BCUT2D eigenvalue weighted by atomic mass is 10.1. The van der Waals surface area contributed by atoms with E-state index < -0.39 is 0 Å². The van der Waals surface area contributed by atoms with Gasteiger partial charge in [0, 0.05) is 6.20 Å². The number of hydrogen-bond donors (Lipinski definition) is 1. The van der Waals surface area contributed by atoms with Gasteiger partial charge in [-0.3, -0.25) is 0 Å². The molecule has 0 aliphatic rings. The zero-order chi connectivity index (χ0) is 17.7. The minimum absolute atomic E-state index is 0.0684. The standard InChI is InChI=1S/C16H21N5O3/c1-9(2)24-16-12(11-7-6-8-18-15(11)22-4)10(3)19-14(20-16)13(17)21-23-5/h6-9H,1-5H3,(H2,17,21). The third-order valence-electron chi connectivity index (χ3n) is 3.06. The van der Waals surface area contributed by atoms with Crippen LogP contribution in [-0.2, 0) is 4.84 Å². The molecule has 0 saturated carbocycles. The topological polar surface area (TPSA) is 105 Å². The van der Waals surface area contributed by atoms with Gasteiger partial charge in [-0.25, -0.2) is 9.97 Å². The van der Waals surface area contributed by atoms with Crippen LogP contribution in [0.15, 0.2) is 23.5 Å². The summed E-state index contributed by atoms with van der Waals surface area (Å²) < 4.78 is 11.2. The first kappa shape index (κ1) is 17.5. The molecule has 2 heterocycles. The Bertz CT molecular complexity index is 746. The zero-order valence-corrected chi connectivity index (χ0v) is 14.4. The van der Waals surface area contributed by atoms with Gasteiger partial charge in [0.25, 0.3) is 0 Å². The molecule has 2 rings (SSSR count). The molecule has 24 heavy (non-hydrogen) atoms. The van der Waals surface area contributed by atoms with Gasteiger partial charge in [0.05, 0.1) is 30.0 Å². The first-order valence-corrected chi connectivity index (χ1v) is 7.39. The summed E-state index contributed by atoms with van der Waals surface area (Å²) in [6.45, 7) is 5.65. The lowest BCUT2D eigenvalue weighted by molar-refractivity contribution is 0.212. The van der Waals surface area contributed by atoms with E-state index in [9.17, 15) is 0 Å². The molecule has 0 saturated heterocycles. The number of methoxy groups -OCH3 is 1. The molecule has 0 amide bonds. The predicted octanol–water partition coefficient (Wildman–Crippen LogP) is 1.91. The molecule has 0 aliphatic carbocycles. The molecular weight excluding hydrogens is 310 g/mol. The fourth-order valence-electron chi connectivity index (χ4n) is 2.16. The number of pyridine rings is 1. The SMILES string of the molecule is CO/N=C(\N)c1nc(C)c(-c2cccnc2OC)c(OC(C)C)n1. The Morgan fingerprint density at radius 3 is 2.58 bits per heavy atom. The van der Waals surface area contributed by atoms with E-state index in [2.05, 4.69) is 24.9 Å². The average molecular weight is 331 g/mol.